The number of halogens is 1. The van der Waals surface area contributed by atoms with Crippen LogP contribution < -0.4 is 9.64 Å². The monoisotopic (exact) mass is 385 g/mol. The van der Waals surface area contributed by atoms with Gasteiger partial charge in [-0.3, -0.25) is 4.79 Å². The quantitative estimate of drug-likeness (QED) is 0.751. The maximum absolute atomic E-state index is 13.0. The molecule has 140 valence electrons. The lowest BCUT2D eigenvalue weighted by atomic mass is 10.0. The molecule has 0 aliphatic carbocycles. The molecule has 1 aliphatic rings. The van der Waals surface area contributed by atoms with Crippen molar-refractivity contribution in [2.45, 2.75) is 13.8 Å². The predicted molar refractivity (Wildman–Crippen MR) is 106 cm³/mol. The standard InChI is InChI=1S/C21H20ClNO4/c1-13(2)11-23-18-6-4-3-5-15(18)16(21(23)26)9-14-7-8-19(17(22)10-14)27-12-20(24)25/h3-10,13H,11-12H2,1-2H3,(H,24,25)/b16-9-. The second-order valence-corrected chi connectivity index (χ2v) is 7.16. The van der Waals surface area contributed by atoms with Gasteiger partial charge in [0.2, 0.25) is 0 Å². The number of carboxylic acids is 1. The van der Waals surface area contributed by atoms with Crippen LogP contribution in [0.1, 0.15) is 25.0 Å². The van der Waals surface area contributed by atoms with Crippen LogP contribution in [-0.2, 0) is 9.59 Å². The zero-order chi connectivity index (χ0) is 19.6. The van der Waals surface area contributed by atoms with E-state index in [0.717, 1.165) is 16.8 Å². The molecular weight excluding hydrogens is 366 g/mol. The molecule has 0 unspecified atom stereocenters. The van der Waals surface area contributed by atoms with Gasteiger partial charge in [0.1, 0.15) is 5.75 Å². The molecule has 0 saturated heterocycles. The number of rotatable bonds is 6. The molecule has 1 N–H and O–H groups in total. The molecule has 5 nitrogen and oxygen atoms in total. The molecule has 1 amide bonds. The van der Waals surface area contributed by atoms with Gasteiger partial charge in [-0.25, -0.2) is 4.79 Å². The van der Waals surface area contributed by atoms with E-state index in [2.05, 4.69) is 13.8 Å². The maximum Gasteiger partial charge on any atom is 0.341 e. The second-order valence-electron chi connectivity index (χ2n) is 6.76. The van der Waals surface area contributed by atoms with Crippen molar-refractivity contribution in [1.82, 2.24) is 0 Å². The van der Waals surface area contributed by atoms with Crippen LogP contribution in [0.3, 0.4) is 0 Å². The molecule has 0 spiro atoms. The second kappa shape index (κ2) is 7.84. The molecule has 1 aliphatic heterocycles. The molecule has 27 heavy (non-hydrogen) atoms. The molecule has 6 heteroatoms. The van der Waals surface area contributed by atoms with E-state index in [1.165, 1.54) is 0 Å². The van der Waals surface area contributed by atoms with Crippen LogP contribution in [0.5, 0.6) is 5.75 Å². The van der Waals surface area contributed by atoms with E-state index in [1.54, 1.807) is 29.2 Å². The van der Waals surface area contributed by atoms with Crippen LogP contribution >= 0.6 is 11.6 Å². The van der Waals surface area contributed by atoms with Crippen molar-refractivity contribution in [3.63, 3.8) is 0 Å². The lowest BCUT2D eigenvalue weighted by Crippen LogP contribution is -2.30. The van der Waals surface area contributed by atoms with Gasteiger partial charge < -0.3 is 14.7 Å². The fourth-order valence-corrected chi connectivity index (χ4v) is 3.27. The topological polar surface area (TPSA) is 66.8 Å². The Balaban J connectivity index is 1.93. The van der Waals surface area contributed by atoms with Gasteiger partial charge >= 0.3 is 5.97 Å². The van der Waals surface area contributed by atoms with Crippen molar-refractivity contribution in [3.8, 4) is 5.75 Å². The number of aliphatic carboxylic acids is 1. The van der Waals surface area contributed by atoms with Gasteiger partial charge in [-0.05, 0) is 35.8 Å². The van der Waals surface area contributed by atoms with Crippen molar-refractivity contribution in [1.29, 1.82) is 0 Å². The van der Waals surface area contributed by atoms with Crippen LogP contribution in [0.4, 0.5) is 5.69 Å². The highest BCUT2D eigenvalue weighted by molar-refractivity contribution is 6.36. The van der Waals surface area contributed by atoms with Crippen LogP contribution in [0, 0.1) is 5.92 Å². The SMILES string of the molecule is CC(C)CN1C(=O)/C(=C\c2ccc(OCC(=O)O)c(Cl)c2)c2ccccc21. The van der Waals surface area contributed by atoms with Gasteiger partial charge in [0.25, 0.3) is 5.91 Å². The summed E-state index contributed by atoms with van der Waals surface area (Å²) in [5, 5.41) is 8.99. The summed E-state index contributed by atoms with van der Waals surface area (Å²) in [6, 6.07) is 12.7. The number of anilines is 1. The van der Waals surface area contributed by atoms with Crippen molar-refractivity contribution in [2.24, 2.45) is 5.92 Å². The van der Waals surface area contributed by atoms with E-state index in [4.69, 9.17) is 21.4 Å². The molecule has 2 aromatic rings. The third-order valence-electron chi connectivity index (χ3n) is 4.13. The molecule has 1 heterocycles. The zero-order valence-electron chi connectivity index (χ0n) is 15.1. The van der Waals surface area contributed by atoms with Gasteiger partial charge in [-0.2, -0.15) is 0 Å². The number of carbonyl (C=O) groups is 2. The van der Waals surface area contributed by atoms with Gasteiger partial charge in [-0.1, -0.05) is 49.7 Å². The van der Waals surface area contributed by atoms with Gasteiger partial charge in [0.05, 0.1) is 10.7 Å². The summed E-state index contributed by atoms with van der Waals surface area (Å²) in [5.41, 5.74) is 3.16. The minimum Gasteiger partial charge on any atom is -0.480 e. The average molecular weight is 386 g/mol. The number of benzene rings is 2. The summed E-state index contributed by atoms with van der Waals surface area (Å²) >= 11 is 6.19. The molecule has 0 fully saturated rings. The number of fused-ring (bicyclic) bond motifs is 1. The fourth-order valence-electron chi connectivity index (χ4n) is 3.02. The van der Waals surface area contributed by atoms with Crippen LogP contribution in [-0.4, -0.2) is 30.1 Å². The van der Waals surface area contributed by atoms with Crippen molar-refractivity contribution >= 4 is 40.8 Å². The van der Waals surface area contributed by atoms with Crippen molar-refractivity contribution in [2.75, 3.05) is 18.1 Å². The summed E-state index contributed by atoms with van der Waals surface area (Å²) in [6.07, 6.45) is 1.80. The highest BCUT2D eigenvalue weighted by atomic mass is 35.5. The third kappa shape index (κ3) is 4.14. The Kier molecular flexibility index (Phi) is 5.51. The van der Waals surface area contributed by atoms with Crippen LogP contribution in [0.2, 0.25) is 5.02 Å². The Morgan fingerprint density at radius 1 is 1.26 bits per heavy atom. The number of para-hydroxylation sites is 1. The largest absolute Gasteiger partial charge is 0.480 e. The van der Waals surface area contributed by atoms with E-state index < -0.39 is 12.6 Å². The fraction of sp³-hybridized carbons (Fsp3) is 0.238. The average Bonchev–Trinajstić information content (AvgIpc) is 2.86. The first-order valence-corrected chi connectivity index (χ1v) is 9.01. The number of nitrogens with zero attached hydrogens (tertiary/aromatic N) is 1. The highest BCUT2D eigenvalue weighted by Gasteiger charge is 2.32. The maximum atomic E-state index is 13.0. The summed E-state index contributed by atoms with van der Waals surface area (Å²) in [5.74, 6) is -0.467. The van der Waals surface area contributed by atoms with Gasteiger partial charge in [0, 0.05) is 17.7 Å². The Morgan fingerprint density at radius 2 is 2.00 bits per heavy atom. The van der Waals surface area contributed by atoms with E-state index in [9.17, 15) is 9.59 Å². The molecule has 0 aromatic heterocycles. The van der Waals surface area contributed by atoms with Crippen LogP contribution in [0.25, 0.3) is 11.6 Å². The van der Waals surface area contributed by atoms with Gasteiger partial charge in [-0.15, -0.1) is 0 Å². The first kappa shape index (κ1) is 19.0. The van der Waals surface area contributed by atoms with Gasteiger partial charge in [0.15, 0.2) is 6.61 Å². The van der Waals surface area contributed by atoms with Crippen molar-refractivity contribution < 1.29 is 19.4 Å². The molecule has 0 radical (unpaired) electrons. The Hall–Kier alpha value is -2.79. The number of hydrogen-bond donors (Lipinski definition) is 1. The Morgan fingerprint density at radius 3 is 2.67 bits per heavy atom. The first-order chi connectivity index (χ1) is 12.9. The molecule has 0 atom stereocenters. The Bertz CT molecular complexity index is 920. The number of carboxylic acid groups (broad SMARTS) is 1. The van der Waals surface area contributed by atoms with Crippen molar-refractivity contribution in [3.05, 3.63) is 58.6 Å². The summed E-state index contributed by atoms with van der Waals surface area (Å²) in [6.45, 7) is 4.34. The summed E-state index contributed by atoms with van der Waals surface area (Å²) in [7, 11) is 0. The lowest BCUT2D eigenvalue weighted by molar-refractivity contribution is -0.139. The minimum absolute atomic E-state index is 0.0350. The molecule has 0 saturated carbocycles. The van der Waals surface area contributed by atoms with E-state index in [1.807, 2.05) is 24.3 Å². The minimum atomic E-state index is -1.07. The predicted octanol–water partition coefficient (Wildman–Crippen LogP) is 4.35. The molecule has 0 bridgehead atoms. The number of ether oxygens (including phenoxy) is 1. The zero-order valence-corrected chi connectivity index (χ0v) is 15.9. The Labute approximate surface area is 162 Å². The summed E-state index contributed by atoms with van der Waals surface area (Å²) < 4.78 is 5.13. The highest BCUT2D eigenvalue weighted by Crippen LogP contribution is 2.38. The van der Waals surface area contributed by atoms with E-state index in [0.29, 0.717) is 28.8 Å². The summed E-state index contributed by atoms with van der Waals surface area (Å²) in [4.78, 5) is 25.4. The molecule has 2 aromatic carbocycles. The number of hydrogen-bond acceptors (Lipinski definition) is 3. The van der Waals surface area contributed by atoms with Crippen LogP contribution in [0.15, 0.2) is 42.5 Å². The number of amides is 1. The first-order valence-electron chi connectivity index (χ1n) is 8.64. The van der Waals surface area contributed by atoms with E-state index >= 15 is 0 Å². The van der Waals surface area contributed by atoms with E-state index in [-0.39, 0.29) is 5.91 Å². The number of carbonyl (C=O) groups excluding carboxylic acids is 1. The molecular formula is C21H20ClNO4. The smallest absolute Gasteiger partial charge is 0.341 e. The molecule has 3 rings (SSSR count). The third-order valence-corrected chi connectivity index (χ3v) is 4.42. The lowest BCUT2D eigenvalue weighted by Gasteiger charge is -2.19. The normalized spacial score (nSPS) is 14.7.